The molecular weight excluding hydrogens is 368 g/mol. The van der Waals surface area contributed by atoms with Gasteiger partial charge in [0.1, 0.15) is 5.75 Å². The molecule has 6 nitrogen and oxygen atoms in total. The van der Waals surface area contributed by atoms with Crippen molar-refractivity contribution in [2.24, 2.45) is 5.73 Å². The van der Waals surface area contributed by atoms with E-state index >= 15 is 0 Å². The van der Waals surface area contributed by atoms with Crippen LogP contribution >= 0.6 is 0 Å². The van der Waals surface area contributed by atoms with Crippen LogP contribution in [0.1, 0.15) is 42.0 Å². The van der Waals surface area contributed by atoms with Crippen molar-refractivity contribution in [1.82, 2.24) is 4.57 Å². The number of nitrogens with two attached hydrogens (primary N) is 1. The minimum Gasteiger partial charge on any atom is -0.481 e. The molecule has 3 aromatic rings. The molecule has 1 aliphatic rings. The Morgan fingerprint density at radius 1 is 1.10 bits per heavy atom. The first-order valence-electron chi connectivity index (χ1n) is 9.88. The van der Waals surface area contributed by atoms with E-state index in [1.54, 1.807) is 6.07 Å². The van der Waals surface area contributed by atoms with Crippen LogP contribution in [0, 0.1) is 0 Å². The molecule has 1 amide bonds. The maximum absolute atomic E-state index is 12.3. The third kappa shape index (κ3) is 3.70. The lowest BCUT2D eigenvalue weighted by Crippen LogP contribution is -2.21. The third-order valence-electron chi connectivity index (χ3n) is 5.58. The molecule has 0 spiro atoms. The summed E-state index contributed by atoms with van der Waals surface area (Å²) in [4.78, 5) is 23.4. The van der Waals surface area contributed by atoms with Gasteiger partial charge in [-0.3, -0.25) is 4.79 Å². The van der Waals surface area contributed by atoms with Crippen LogP contribution in [0.25, 0.3) is 10.9 Å². The van der Waals surface area contributed by atoms with Crippen LogP contribution in [0.15, 0.2) is 48.5 Å². The van der Waals surface area contributed by atoms with Crippen LogP contribution in [0.4, 0.5) is 0 Å². The second kappa shape index (κ2) is 7.99. The highest BCUT2D eigenvalue weighted by atomic mass is 16.5. The van der Waals surface area contributed by atoms with E-state index in [2.05, 4.69) is 16.7 Å². The first-order chi connectivity index (χ1) is 14.1. The lowest BCUT2D eigenvalue weighted by atomic mass is 9.92. The highest BCUT2D eigenvalue weighted by molar-refractivity contribution is 5.97. The highest BCUT2D eigenvalue weighted by Gasteiger charge is 2.31. The summed E-state index contributed by atoms with van der Waals surface area (Å²) < 4.78 is 7.85. The zero-order valence-corrected chi connectivity index (χ0v) is 16.1. The quantitative estimate of drug-likeness (QED) is 0.628. The van der Waals surface area contributed by atoms with Crippen LogP contribution in [0.2, 0.25) is 0 Å². The topological polar surface area (TPSA) is 94.6 Å². The fourth-order valence-corrected chi connectivity index (χ4v) is 4.37. The highest BCUT2D eigenvalue weighted by Crippen LogP contribution is 2.42. The van der Waals surface area contributed by atoms with Crippen molar-refractivity contribution in [3.63, 3.8) is 0 Å². The zero-order valence-electron chi connectivity index (χ0n) is 16.1. The second-order valence-electron chi connectivity index (χ2n) is 7.47. The minimum absolute atomic E-state index is 0.347. The van der Waals surface area contributed by atoms with Gasteiger partial charge in [0.05, 0.1) is 11.4 Å². The van der Waals surface area contributed by atoms with Gasteiger partial charge in [-0.1, -0.05) is 42.8 Å². The molecule has 4 rings (SSSR count). The van der Waals surface area contributed by atoms with E-state index in [0.29, 0.717) is 18.7 Å². The predicted octanol–water partition coefficient (Wildman–Crippen LogP) is 3.45. The van der Waals surface area contributed by atoms with Gasteiger partial charge in [0, 0.05) is 17.6 Å². The number of carboxylic acids is 1. The number of fused-ring (bicyclic) bond motifs is 3. The predicted molar refractivity (Wildman–Crippen MR) is 110 cm³/mol. The number of hydrogen-bond donors (Lipinski definition) is 2. The van der Waals surface area contributed by atoms with Crippen molar-refractivity contribution in [2.45, 2.75) is 38.1 Å². The number of ether oxygens (including phenoxy) is 1. The van der Waals surface area contributed by atoms with Crippen molar-refractivity contribution in [3.05, 3.63) is 65.4 Å². The largest absolute Gasteiger partial charge is 0.481 e. The van der Waals surface area contributed by atoms with Crippen LogP contribution in [0.5, 0.6) is 5.75 Å². The van der Waals surface area contributed by atoms with E-state index in [1.165, 1.54) is 0 Å². The molecule has 1 aliphatic carbocycles. The number of aromatic nitrogens is 1. The molecule has 150 valence electrons. The summed E-state index contributed by atoms with van der Waals surface area (Å²) in [5.74, 6) is -1.30. The fraction of sp³-hybridized carbons (Fsp3) is 0.304. The number of nitrogens with zero attached hydrogens (tertiary/aromatic N) is 1. The van der Waals surface area contributed by atoms with E-state index in [4.69, 9.17) is 15.6 Å². The summed E-state index contributed by atoms with van der Waals surface area (Å²) in [7, 11) is 0. The van der Waals surface area contributed by atoms with Gasteiger partial charge in [0.25, 0.3) is 0 Å². The van der Waals surface area contributed by atoms with E-state index in [-0.39, 0.29) is 5.91 Å². The molecule has 1 atom stereocenters. The smallest absolute Gasteiger partial charge is 0.341 e. The summed E-state index contributed by atoms with van der Waals surface area (Å²) in [6.07, 6.45) is 3.44. The van der Waals surface area contributed by atoms with Gasteiger partial charge < -0.3 is 20.1 Å². The molecule has 1 heterocycles. The number of carbonyl (C=O) groups excluding carboxylic acids is 1. The minimum atomic E-state index is -1.04. The Hall–Kier alpha value is -3.28. The average Bonchev–Trinajstić information content (AvgIpc) is 2.87. The monoisotopic (exact) mass is 392 g/mol. The van der Waals surface area contributed by atoms with Crippen LogP contribution in [-0.2, 0) is 22.6 Å². The van der Waals surface area contributed by atoms with Crippen molar-refractivity contribution >= 4 is 22.8 Å². The van der Waals surface area contributed by atoms with Crippen molar-refractivity contribution in [3.8, 4) is 5.75 Å². The Bertz CT molecular complexity index is 1060. The normalized spacial score (nSPS) is 16.2. The van der Waals surface area contributed by atoms with Crippen molar-refractivity contribution in [2.75, 3.05) is 6.61 Å². The molecule has 2 aromatic carbocycles. The molecule has 0 fully saturated rings. The number of carbonyl (C=O) groups is 2. The van der Waals surface area contributed by atoms with Crippen molar-refractivity contribution < 1.29 is 19.4 Å². The van der Waals surface area contributed by atoms with E-state index < -0.39 is 18.5 Å². The summed E-state index contributed by atoms with van der Waals surface area (Å²) in [5.41, 5.74) is 9.89. The molecular formula is C23H24N2O4. The fourth-order valence-electron chi connectivity index (χ4n) is 4.37. The number of rotatable bonds is 6. The summed E-state index contributed by atoms with van der Waals surface area (Å²) in [6.45, 7) is 0.236. The van der Waals surface area contributed by atoms with E-state index in [9.17, 15) is 9.59 Å². The van der Waals surface area contributed by atoms with E-state index in [1.807, 2.05) is 30.3 Å². The van der Waals surface area contributed by atoms with Crippen LogP contribution < -0.4 is 10.5 Å². The molecule has 1 unspecified atom stereocenters. The summed E-state index contributed by atoms with van der Waals surface area (Å²) >= 11 is 0. The first kappa shape index (κ1) is 19.1. The molecule has 0 saturated heterocycles. The van der Waals surface area contributed by atoms with Gasteiger partial charge in [0.2, 0.25) is 5.91 Å². The number of aliphatic carboxylic acids is 1. The first-order valence-corrected chi connectivity index (χ1v) is 9.88. The Morgan fingerprint density at radius 2 is 1.90 bits per heavy atom. The molecule has 6 heteroatoms. The maximum Gasteiger partial charge on any atom is 0.341 e. The Labute approximate surface area is 168 Å². The van der Waals surface area contributed by atoms with Gasteiger partial charge in [-0.05, 0) is 42.5 Å². The number of hydrogen-bond acceptors (Lipinski definition) is 3. The Kier molecular flexibility index (Phi) is 5.25. The molecule has 1 aromatic heterocycles. The third-order valence-corrected chi connectivity index (χ3v) is 5.58. The lowest BCUT2D eigenvalue weighted by molar-refractivity contribution is -0.139. The van der Waals surface area contributed by atoms with Gasteiger partial charge >= 0.3 is 5.97 Å². The average molecular weight is 392 g/mol. The molecule has 3 N–H and O–H groups in total. The molecule has 0 bridgehead atoms. The zero-order chi connectivity index (χ0) is 20.4. The Morgan fingerprint density at radius 3 is 2.62 bits per heavy atom. The van der Waals surface area contributed by atoms with Gasteiger partial charge in [-0.2, -0.15) is 0 Å². The Balaban J connectivity index is 1.95. The van der Waals surface area contributed by atoms with Gasteiger partial charge in [0.15, 0.2) is 6.61 Å². The maximum atomic E-state index is 12.3. The summed E-state index contributed by atoms with van der Waals surface area (Å²) in [5, 5.41) is 9.88. The summed E-state index contributed by atoms with van der Waals surface area (Å²) in [6, 6.07) is 15.8. The number of primary amides is 1. The molecule has 0 saturated carbocycles. The molecule has 0 aliphatic heterocycles. The van der Waals surface area contributed by atoms with Gasteiger partial charge in [-0.25, -0.2) is 4.79 Å². The van der Waals surface area contributed by atoms with Crippen molar-refractivity contribution in [1.29, 1.82) is 0 Å². The second-order valence-corrected chi connectivity index (χ2v) is 7.47. The van der Waals surface area contributed by atoms with Crippen LogP contribution in [-0.4, -0.2) is 28.2 Å². The molecule has 0 radical (unpaired) electrons. The van der Waals surface area contributed by atoms with E-state index in [0.717, 1.165) is 47.0 Å². The lowest BCUT2D eigenvalue weighted by Gasteiger charge is -2.14. The number of amides is 1. The van der Waals surface area contributed by atoms with Crippen LogP contribution in [0.3, 0.4) is 0 Å². The van der Waals surface area contributed by atoms with Gasteiger partial charge in [-0.15, -0.1) is 0 Å². The number of carboxylic acid groups (broad SMARTS) is 1. The SMILES string of the molecule is NC(=O)C1CCCCc2c1c1c(OCC(=O)O)cccc1n2Cc1ccccc1. The standard InChI is InChI=1S/C23H24N2O4/c24-23(28)16-9-4-5-10-17-21(16)22-18(11-6-12-19(22)29-14-20(26)27)25(17)13-15-7-2-1-3-8-15/h1-3,6-8,11-12,16H,4-5,9-10,13-14H2,(H2,24,28)(H,26,27). The molecule has 29 heavy (non-hydrogen) atoms. The number of benzene rings is 2.